The van der Waals surface area contributed by atoms with E-state index < -0.39 is 49.6 Å². The molecule has 3 N–H and O–H groups in total. The number of nitro benzene ring substituents is 1. The lowest BCUT2D eigenvalue weighted by atomic mass is 9.77. The molecule has 3 aromatic carbocycles. The molecule has 2 amide bonds. The Kier molecular flexibility index (Phi) is 12.7. The Labute approximate surface area is 305 Å². The van der Waals surface area contributed by atoms with E-state index in [2.05, 4.69) is 10.2 Å². The summed E-state index contributed by atoms with van der Waals surface area (Å²) in [4.78, 5) is 38.3. The van der Waals surface area contributed by atoms with Crippen molar-refractivity contribution in [1.29, 1.82) is 0 Å². The SMILES string of the molecule is O=C(NS(=O)(=O)c1ccc(N[C@H](CCCCNC(=O)C(F)(F)F)CSc2ccccc2)c([N+](=O)[O-])c1)c1ccc(N2CCC3(CCCC3)CC2)cc1. The zero-order valence-electron chi connectivity index (χ0n) is 28.5. The zero-order valence-corrected chi connectivity index (χ0v) is 30.1. The van der Waals surface area contributed by atoms with Gasteiger partial charge in [0, 0.05) is 53.6 Å². The number of halogens is 3. The minimum Gasteiger partial charge on any atom is -0.376 e. The summed E-state index contributed by atoms with van der Waals surface area (Å²) in [6.07, 6.45) is 3.45. The van der Waals surface area contributed by atoms with Gasteiger partial charge in [0.15, 0.2) is 0 Å². The number of thioether (sulfide) groups is 1. The van der Waals surface area contributed by atoms with E-state index in [9.17, 15) is 41.3 Å². The van der Waals surface area contributed by atoms with Crippen LogP contribution >= 0.6 is 11.8 Å². The normalized spacial score (nSPS) is 16.3. The van der Waals surface area contributed by atoms with Gasteiger partial charge in [0.05, 0.1) is 9.82 Å². The average Bonchev–Trinajstić information content (AvgIpc) is 3.58. The number of piperidine rings is 1. The molecule has 0 unspecified atom stereocenters. The standard InChI is InChI=1S/C36H42F3N5O6S2/c37-36(38,39)34(46)40-21-7-4-8-27(25-51-29-9-2-1-3-10-29)41-31-16-15-30(24-32(31)44(47)48)52(49,50)42-33(45)26-11-13-28(14-12-26)43-22-19-35(20-23-43)17-5-6-18-35/h1-3,9-16,24,27,41H,4-8,17-23,25H2,(H,40,46)(H,42,45)/t27-/m1/s1. The summed E-state index contributed by atoms with van der Waals surface area (Å²) < 4.78 is 66.0. The van der Waals surface area contributed by atoms with Crippen LogP contribution in [0.1, 0.15) is 68.1 Å². The molecule has 2 aliphatic rings. The van der Waals surface area contributed by atoms with Gasteiger partial charge in [0.1, 0.15) is 5.69 Å². The van der Waals surface area contributed by atoms with Crippen LogP contribution in [0, 0.1) is 15.5 Å². The number of benzene rings is 3. The highest BCUT2D eigenvalue weighted by molar-refractivity contribution is 7.99. The van der Waals surface area contributed by atoms with Gasteiger partial charge in [-0.05, 0) is 98.9 Å². The first-order valence-electron chi connectivity index (χ1n) is 17.2. The first kappa shape index (κ1) is 38.9. The molecule has 1 saturated carbocycles. The second-order valence-corrected chi connectivity index (χ2v) is 16.1. The molecule has 52 heavy (non-hydrogen) atoms. The van der Waals surface area contributed by atoms with Gasteiger partial charge in [0.2, 0.25) is 0 Å². The Hall–Kier alpha value is -4.31. The fraction of sp³-hybridized carbons (Fsp3) is 0.444. The molecule has 16 heteroatoms. The molecule has 1 atom stereocenters. The van der Waals surface area contributed by atoms with E-state index >= 15 is 0 Å². The van der Waals surface area contributed by atoms with Crippen LogP contribution in [-0.4, -0.2) is 62.8 Å². The molecular weight excluding hydrogens is 720 g/mol. The van der Waals surface area contributed by atoms with E-state index in [4.69, 9.17) is 0 Å². The van der Waals surface area contributed by atoms with Crippen molar-refractivity contribution in [3.63, 3.8) is 0 Å². The summed E-state index contributed by atoms with van der Waals surface area (Å²) in [5, 5.41) is 17.1. The predicted octanol–water partition coefficient (Wildman–Crippen LogP) is 7.30. The summed E-state index contributed by atoms with van der Waals surface area (Å²) in [7, 11) is -4.50. The van der Waals surface area contributed by atoms with E-state index in [1.807, 2.05) is 40.4 Å². The first-order valence-corrected chi connectivity index (χ1v) is 19.7. The number of rotatable bonds is 15. The second-order valence-electron chi connectivity index (χ2n) is 13.3. The smallest absolute Gasteiger partial charge is 0.376 e. The Morgan fingerprint density at radius 2 is 1.62 bits per heavy atom. The largest absolute Gasteiger partial charge is 0.471 e. The fourth-order valence-electron chi connectivity index (χ4n) is 6.83. The summed E-state index contributed by atoms with van der Waals surface area (Å²) in [5.74, 6) is -2.47. The Balaban J connectivity index is 1.22. The topological polar surface area (TPSA) is 151 Å². The number of carbonyl (C=O) groups is 2. The lowest BCUT2D eigenvalue weighted by molar-refractivity contribution is -0.384. The van der Waals surface area contributed by atoms with Crippen LogP contribution in [0.25, 0.3) is 0 Å². The molecule has 3 aromatic rings. The van der Waals surface area contributed by atoms with Crippen molar-refractivity contribution < 1.29 is 36.1 Å². The van der Waals surface area contributed by atoms with Gasteiger partial charge < -0.3 is 15.5 Å². The molecule has 0 radical (unpaired) electrons. The maximum absolute atomic E-state index is 13.2. The summed E-state index contributed by atoms with van der Waals surface area (Å²) in [6, 6.07) is 18.9. The van der Waals surface area contributed by atoms with E-state index in [-0.39, 0.29) is 24.2 Å². The number of anilines is 2. The summed E-state index contributed by atoms with van der Waals surface area (Å²) in [5.41, 5.74) is 1.04. The van der Waals surface area contributed by atoms with Crippen molar-refractivity contribution in [1.82, 2.24) is 10.0 Å². The number of nitrogens with zero attached hydrogens (tertiary/aromatic N) is 2. The first-order chi connectivity index (χ1) is 24.7. The van der Waals surface area contributed by atoms with Crippen LogP contribution in [0.3, 0.4) is 0 Å². The number of sulfonamides is 1. The zero-order chi connectivity index (χ0) is 37.4. The Morgan fingerprint density at radius 3 is 2.25 bits per heavy atom. The number of unbranched alkanes of at least 4 members (excludes halogenated alkanes) is 1. The molecule has 2 fully saturated rings. The number of hydrogen-bond donors (Lipinski definition) is 3. The maximum Gasteiger partial charge on any atom is 0.471 e. The van der Waals surface area contributed by atoms with E-state index in [1.165, 1.54) is 43.5 Å². The molecule has 0 aromatic heterocycles. The quantitative estimate of drug-likeness (QED) is 0.0628. The highest BCUT2D eigenvalue weighted by Gasteiger charge is 2.38. The van der Waals surface area contributed by atoms with Crippen molar-refractivity contribution >= 4 is 50.7 Å². The molecule has 1 heterocycles. The summed E-state index contributed by atoms with van der Waals surface area (Å²) >= 11 is 1.46. The van der Waals surface area contributed by atoms with Crippen LogP contribution in [0.4, 0.5) is 30.2 Å². The van der Waals surface area contributed by atoms with Crippen LogP contribution < -0.4 is 20.3 Å². The number of alkyl halides is 3. The van der Waals surface area contributed by atoms with Gasteiger partial charge in [-0.15, -0.1) is 11.8 Å². The second kappa shape index (κ2) is 17.0. The van der Waals surface area contributed by atoms with Gasteiger partial charge in [0.25, 0.3) is 21.6 Å². The highest BCUT2D eigenvalue weighted by Crippen LogP contribution is 2.46. The molecule has 1 aliphatic carbocycles. The van der Waals surface area contributed by atoms with Crippen molar-refractivity contribution in [3.05, 3.63) is 88.5 Å². The molecule has 1 aliphatic heterocycles. The van der Waals surface area contributed by atoms with Crippen LogP contribution in [0.5, 0.6) is 0 Å². The molecule has 280 valence electrons. The van der Waals surface area contributed by atoms with E-state index in [1.54, 1.807) is 24.3 Å². The van der Waals surface area contributed by atoms with Gasteiger partial charge in [-0.25, -0.2) is 13.1 Å². The third kappa shape index (κ3) is 10.4. The van der Waals surface area contributed by atoms with Crippen molar-refractivity contribution in [2.45, 2.75) is 79.8 Å². The predicted molar refractivity (Wildman–Crippen MR) is 194 cm³/mol. The lowest BCUT2D eigenvalue weighted by Crippen LogP contribution is -2.38. The third-order valence-electron chi connectivity index (χ3n) is 9.76. The van der Waals surface area contributed by atoms with E-state index in [0.29, 0.717) is 24.0 Å². The molecule has 1 spiro atoms. The Morgan fingerprint density at radius 1 is 0.942 bits per heavy atom. The van der Waals surface area contributed by atoms with Crippen LogP contribution in [0.2, 0.25) is 0 Å². The number of amides is 2. The number of hydrogen-bond acceptors (Lipinski definition) is 9. The highest BCUT2D eigenvalue weighted by atomic mass is 32.2. The minimum absolute atomic E-state index is 0.0338. The molecular formula is C36H42F3N5O6S2. The molecule has 11 nitrogen and oxygen atoms in total. The fourth-order valence-corrected chi connectivity index (χ4v) is 8.81. The van der Waals surface area contributed by atoms with E-state index in [0.717, 1.165) is 48.6 Å². The van der Waals surface area contributed by atoms with Crippen molar-refractivity contribution in [2.24, 2.45) is 5.41 Å². The van der Waals surface area contributed by atoms with Gasteiger partial charge in [-0.1, -0.05) is 31.0 Å². The minimum atomic E-state index is -4.98. The van der Waals surface area contributed by atoms with Gasteiger partial charge >= 0.3 is 12.1 Å². The average molecular weight is 762 g/mol. The van der Waals surface area contributed by atoms with Crippen molar-refractivity contribution in [2.75, 3.05) is 35.6 Å². The molecule has 0 bridgehead atoms. The molecule has 5 rings (SSSR count). The van der Waals surface area contributed by atoms with Crippen LogP contribution in [-0.2, 0) is 14.8 Å². The molecule has 1 saturated heterocycles. The third-order valence-corrected chi connectivity index (χ3v) is 12.3. The number of carbonyl (C=O) groups excluding carboxylic acids is 2. The lowest BCUT2D eigenvalue weighted by Gasteiger charge is -2.40. The number of nitro groups is 1. The number of nitrogens with one attached hydrogen (secondary N) is 3. The maximum atomic E-state index is 13.2. The van der Waals surface area contributed by atoms with Gasteiger partial charge in [-0.3, -0.25) is 19.7 Å². The monoisotopic (exact) mass is 761 g/mol. The van der Waals surface area contributed by atoms with Crippen molar-refractivity contribution in [3.8, 4) is 0 Å². The summed E-state index contributed by atoms with van der Waals surface area (Å²) in [6.45, 7) is 1.67. The Bertz CT molecular complexity index is 1810. The van der Waals surface area contributed by atoms with Crippen LogP contribution in [0.15, 0.2) is 82.6 Å². The van der Waals surface area contributed by atoms with Gasteiger partial charge in [-0.2, -0.15) is 13.2 Å².